The van der Waals surface area contributed by atoms with Gasteiger partial charge < -0.3 is 14.0 Å². The van der Waals surface area contributed by atoms with Crippen molar-refractivity contribution in [1.29, 1.82) is 0 Å². The summed E-state index contributed by atoms with van der Waals surface area (Å²) in [6, 6.07) is 10.6. The van der Waals surface area contributed by atoms with Crippen LogP contribution in [-0.4, -0.2) is 22.1 Å². The average Bonchev–Trinajstić information content (AvgIpc) is 3.11. The van der Waals surface area contributed by atoms with Gasteiger partial charge in [0.05, 0.1) is 24.2 Å². The van der Waals surface area contributed by atoms with E-state index in [1.807, 2.05) is 6.92 Å². The molecule has 0 unspecified atom stereocenters. The first-order chi connectivity index (χ1) is 11.7. The zero-order valence-corrected chi connectivity index (χ0v) is 13.0. The first-order valence-electron chi connectivity index (χ1n) is 7.40. The summed E-state index contributed by atoms with van der Waals surface area (Å²) in [7, 11) is 0. The smallest absolute Gasteiger partial charge is 0.345 e. The second kappa shape index (κ2) is 6.95. The van der Waals surface area contributed by atoms with Crippen molar-refractivity contribution >= 4 is 5.97 Å². The highest BCUT2D eigenvalue weighted by molar-refractivity contribution is 5.95. The van der Waals surface area contributed by atoms with E-state index in [0.29, 0.717) is 23.8 Å². The molecular weight excluding hydrogens is 311 g/mol. The molecule has 0 radical (unpaired) electrons. The van der Waals surface area contributed by atoms with Crippen LogP contribution in [0.25, 0.3) is 5.69 Å². The number of hydrogen-bond acceptors (Lipinski definition) is 4. The van der Waals surface area contributed by atoms with E-state index in [9.17, 15) is 9.18 Å². The lowest BCUT2D eigenvalue weighted by molar-refractivity contribution is 0.0734. The maximum absolute atomic E-state index is 13.6. The van der Waals surface area contributed by atoms with Gasteiger partial charge in [0.1, 0.15) is 17.3 Å². The quantitative estimate of drug-likeness (QED) is 0.531. The number of ether oxygens (including phenoxy) is 2. The molecule has 24 heavy (non-hydrogen) atoms. The maximum Gasteiger partial charge on any atom is 0.345 e. The maximum atomic E-state index is 13.6. The fourth-order valence-corrected chi connectivity index (χ4v) is 2.23. The Kier molecular flexibility index (Phi) is 4.56. The molecule has 0 bridgehead atoms. The number of carbonyl (C=O) groups excluding carboxylic acids is 1. The van der Waals surface area contributed by atoms with Crippen LogP contribution in [0.1, 0.15) is 17.3 Å². The Morgan fingerprint density at radius 1 is 1.17 bits per heavy atom. The van der Waals surface area contributed by atoms with Crippen LogP contribution in [0.2, 0.25) is 0 Å². The second-order valence-electron chi connectivity index (χ2n) is 4.93. The Morgan fingerprint density at radius 2 is 1.92 bits per heavy atom. The number of rotatable bonds is 5. The SMILES string of the molecule is CCOc1ccc(OC(=O)c2cc(F)ccc2-n2ccnc2)cc1. The van der Waals surface area contributed by atoms with Crippen molar-refractivity contribution in [2.75, 3.05) is 6.61 Å². The van der Waals surface area contributed by atoms with Gasteiger partial charge in [-0.15, -0.1) is 0 Å². The zero-order valence-electron chi connectivity index (χ0n) is 13.0. The van der Waals surface area contributed by atoms with Crippen LogP contribution < -0.4 is 9.47 Å². The van der Waals surface area contributed by atoms with Gasteiger partial charge in [-0.25, -0.2) is 14.2 Å². The van der Waals surface area contributed by atoms with Crippen LogP contribution >= 0.6 is 0 Å². The van der Waals surface area contributed by atoms with Crippen molar-refractivity contribution in [2.24, 2.45) is 0 Å². The van der Waals surface area contributed by atoms with E-state index < -0.39 is 11.8 Å². The number of carbonyl (C=O) groups is 1. The highest BCUT2D eigenvalue weighted by atomic mass is 19.1. The number of nitrogens with zero attached hydrogens (tertiary/aromatic N) is 2. The summed E-state index contributed by atoms with van der Waals surface area (Å²) in [4.78, 5) is 16.4. The largest absolute Gasteiger partial charge is 0.494 e. The third-order valence-corrected chi connectivity index (χ3v) is 3.31. The first-order valence-corrected chi connectivity index (χ1v) is 7.40. The lowest BCUT2D eigenvalue weighted by Gasteiger charge is -2.10. The lowest BCUT2D eigenvalue weighted by atomic mass is 10.1. The molecule has 1 aromatic heterocycles. The zero-order chi connectivity index (χ0) is 16.9. The van der Waals surface area contributed by atoms with E-state index >= 15 is 0 Å². The Morgan fingerprint density at radius 3 is 2.58 bits per heavy atom. The van der Waals surface area contributed by atoms with Crippen LogP contribution in [-0.2, 0) is 0 Å². The number of esters is 1. The second-order valence-corrected chi connectivity index (χ2v) is 4.93. The van der Waals surface area contributed by atoms with E-state index in [2.05, 4.69) is 4.98 Å². The number of aromatic nitrogens is 2. The van der Waals surface area contributed by atoms with Gasteiger partial charge in [0, 0.05) is 12.4 Å². The molecule has 1 heterocycles. The van der Waals surface area contributed by atoms with Crippen molar-refractivity contribution in [3.63, 3.8) is 0 Å². The number of halogens is 1. The summed E-state index contributed by atoms with van der Waals surface area (Å²) in [5.41, 5.74) is 0.603. The van der Waals surface area contributed by atoms with Crippen LogP contribution in [0.3, 0.4) is 0 Å². The third-order valence-electron chi connectivity index (χ3n) is 3.31. The average molecular weight is 326 g/mol. The van der Waals surface area contributed by atoms with Gasteiger partial charge in [0.15, 0.2) is 0 Å². The molecule has 0 N–H and O–H groups in total. The summed E-state index contributed by atoms with van der Waals surface area (Å²) < 4.78 is 25.9. The monoisotopic (exact) mass is 326 g/mol. The molecule has 122 valence electrons. The summed E-state index contributed by atoms with van der Waals surface area (Å²) in [5, 5.41) is 0. The Bertz CT molecular complexity index is 830. The van der Waals surface area contributed by atoms with Crippen molar-refractivity contribution < 1.29 is 18.7 Å². The highest BCUT2D eigenvalue weighted by Gasteiger charge is 2.16. The van der Waals surface area contributed by atoms with Gasteiger partial charge in [0.2, 0.25) is 0 Å². The number of imidazole rings is 1. The molecule has 0 saturated carbocycles. The predicted molar refractivity (Wildman–Crippen MR) is 86.1 cm³/mol. The Balaban J connectivity index is 1.86. The first kappa shape index (κ1) is 15.7. The molecule has 6 heteroatoms. The molecule has 2 aromatic carbocycles. The standard InChI is InChI=1S/C18H15FN2O3/c1-2-23-14-4-6-15(7-5-14)24-18(22)16-11-13(19)3-8-17(16)21-10-9-20-12-21/h3-12H,2H2,1H3. The highest BCUT2D eigenvalue weighted by Crippen LogP contribution is 2.21. The molecule has 0 fully saturated rings. The van der Waals surface area contributed by atoms with Crippen molar-refractivity contribution in [2.45, 2.75) is 6.92 Å². The van der Waals surface area contributed by atoms with E-state index in [1.165, 1.54) is 18.5 Å². The third kappa shape index (κ3) is 3.43. The van der Waals surface area contributed by atoms with Crippen LogP contribution in [0.5, 0.6) is 11.5 Å². The van der Waals surface area contributed by atoms with Crippen LogP contribution in [0.15, 0.2) is 61.2 Å². The summed E-state index contributed by atoms with van der Waals surface area (Å²) >= 11 is 0. The van der Waals surface area contributed by atoms with Gasteiger partial charge in [0.25, 0.3) is 0 Å². The molecule has 0 aliphatic heterocycles. The number of hydrogen-bond donors (Lipinski definition) is 0. The van der Waals surface area contributed by atoms with Crippen molar-refractivity contribution in [3.8, 4) is 17.2 Å². The Labute approximate surface area is 138 Å². The van der Waals surface area contributed by atoms with E-state index in [4.69, 9.17) is 9.47 Å². The molecule has 0 saturated heterocycles. The van der Waals surface area contributed by atoms with Gasteiger partial charge >= 0.3 is 5.97 Å². The van der Waals surface area contributed by atoms with E-state index in [1.54, 1.807) is 41.2 Å². The van der Waals surface area contributed by atoms with Crippen LogP contribution in [0, 0.1) is 5.82 Å². The lowest BCUT2D eigenvalue weighted by Crippen LogP contribution is -2.12. The fourth-order valence-electron chi connectivity index (χ4n) is 2.23. The topological polar surface area (TPSA) is 53.4 Å². The Hall–Kier alpha value is -3.15. The molecule has 0 amide bonds. The van der Waals surface area contributed by atoms with Gasteiger partial charge in [-0.3, -0.25) is 0 Å². The normalized spacial score (nSPS) is 10.4. The van der Waals surface area contributed by atoms with Crippen molar-refractivity contribution in [1.82, 2.24) is 9.55 Å². The molecule has 0 spiro atoms. The minimum atomic E-state index is -0.651. The van der Waals surface area contributed by atoms with E-state index in [-0.39, 0.29) is 5.56 Å². The van der Waals surface area contributed by atoms with Crippen LogP contribution in [0.4, 0.5) is 4.39 Å². The molecule has 0 aliphatic carbocycles. The van der Waals surface area contributed by atoms with Gasteiger partial charge in [-0.1, -0.05) is 0 Å². The molecule has 0 atom stereocenters. The molecular formula is C18H15FN2O3. The molecule has 3 rings (SSSR count). The molecule has 5 nitrogen and oxygen atoms in total. The van der Waals surface area contributed by atoms with Crippen molar-refractivity contribution in [3.05, 3.63) is 72.6 Å². The van der Waals surface area contributed by atoms with Gasteiger partial charge in [-0.05, 0) is 49.4 Å². The van der Waals surface area contributed by atoms with E-state index in [0.717, 1.165) is 6.07 Å². The minimum Gasteiger partial charge on any atom is -0.494 e. The fraction of sp³-hybridized carbons (Fsp3) is 0.111. The van der Waals surface area contributed by atoms with Gasteiger partial charge in [-0.2, -0.15) is 0 Å². The minimum absolute atomic E-state index is 0.113. The number of benzene rings is 2. The summed E-state index contributed by atoms with van der Waals surface area (Å²) in [5.74, 6) is -0.133. The molecule has 0 aliphatic rings. The summed E-state index contributed by atoms with van der Waals surface area (Å²) in [6.45, 7) is 2.44. The molecule has 3 aromatic rings. The predicted octanol–water partition coefficient (Wildman–Crippen LogP) is 3.63. The summed E-state index contributed by atoms with van der Waals surface area (Å²) in [6.07, 6.45) is 4.77.